The molecule has 1 aromatic carbocycles. The van der Waals surface area contributed by atoms with Crippen LogP contribution in [0.1, 0.15) is 31.4 Å². The summed E-state index contributed by atoms with van der Waals surface area (Å²) in [7, 11) is 0. The Morgan fingerprint density at radius 2 is 2.05 bits per heavy atom. The first-order valence-electron chi connectivity index (χ1n) is 6.74. The van der Waals surface area contributed by atoms with E-state index in [2.05, 4.69) is 0 Å². The maximum atomic E-state index is 12.0. The van der Waals surface area contributed by atoms with Gasteiger partial charge in [-0.05, 0) is 37.3 Å². The van der Waals surface area contributed by atoms with E-state index >= 15 is 0 Å². The highest BCUT2D eigenvalue weighted by molar-refractivity contribution is 7.98. The summed E-state index contributed by atoms with van der Waals surface area (Å²) < 4.78 is 0. The van der Waals surface area contributed by atoms with Crippen LogP contribution in [0.5, 0.6) is 0 Å². The number of aliphatic carboxylic acids is 1. The van der Waals surface area contributed by atoms with Crippen molar-refractivity contribution in [3.8, 4) is 0 Å². The first-order chi connectivity index (χ1) is 9.58. The van der Waals surface area contributed by atoms with Gasteiger partial charge >= 0.3 is 5.97 Å². The largest absolute Gasteiger partial charge is 0.481 e. The first kappa shape index (κ1) is 14.9. The summed E-state index contributed by atoms with van der Waals surface area (Å²) in [6, 6.07) is 7.48. The molecule has 0 radical (unpaired) electrons. The zero-order valence-electron chi connectivity index (χ0n) is 11.7. The average Bonchev–Trinajstić information content (AvgIpc) is 2.46. The average molecular weight is 293 g/mol. The van der Waals surface area contributed by atoms with Gasteiger partial charge in [0.15, 0.2) is 0 Å². The molecule has 0 aromatic heterocycles. The molecule has 1 fully saturated rings. The number of carboxylic acid groups (broad SMARTS) is 1. The van der Waals surface area contributed by atoms with Crippen molar-refractivity contribution in [2.24, 2.45) is 5.92 Å². The number of carboxylic acids is 1. The van der Waals surface area contributed by atoms with Gasteiger partial charge in [0.25, 0.3) is 0 Å². The Morgan fingerprint density at radius 1 is 1.40 bits per heavy atom. The van der Waals surface area contributed by atoms with Crippen LogP contribution in [0.15, 0.2) is 29.2 Å². The molecule has 20 heavy (non-hydrogen) atoms. The molecule has 1 aromatic rings. The summed E-state index contributed by atoms with van der Waals surface area (Å²) in [5, 5.41) is 9.43. The minimum Gasteiger partial charge on any atom is -0.481 e. The van der Waals surface area contributed by atoms with Crippen molar-refractivity contribution < 1.29 is 14.7 Å². The molecule has 2 unspecified atom stereocenters. The summed E-state index contributed by atoms with van der Waals surface area (Å²) in [4.78, 5) is 26.3. The van der Waals surface area contributed by atoms with Crippen molar-refractivity contribution in [2.75, 3.05) is 12.8 Å². The Labute approximate surface area is 123 Å². The summed E-state index contributed by atoms with van der Waals surface area (Å²) in [6.07, 6.45) is 2.74. The molecule has 1 aliphatic heterocycles. The lowest BCUT2D eigenvalue weighted by atomic mass is 9.84. The minimum atomic E-state index is -0.824. The Kier molecular flexibility index (Phi) is 4.70. The molecule has 1 heterocycles. The standard InChI is InChI=1S/C15H19NO3S/c1-3-16-13(17)9-8-12(15(18)19)14(16)10-4-6-11(20-2)7-5-10/h4-7,12,14H,3,8-9H2,1-2H3,(H,18,19). The maximum absolute atomic E-state index is 12.0. The predicted molar refractivity (Wildman–Crippen MR) is 78.7 cm³/mol. The lowest BCUT2D eigenvalue weighted by molar-refractivity contribution is -0.151. The zero-order valence-corrected chi connectivity index (χ0v) is 12.5. The topological polar surface area (TPSA) is 57.6 Å². The maximum Gasteiger partial charge on any atom is 0.308 e. The van der Waals surface area contributed by atoms with Gasteiger partial charge in [-0.2, -0.15) is 0 Å². The van der Waals surface area contributed by atoms with E-state index in [1.165, 1.54) is 0 Å². The summed E-state index contributed by atoms with van der Waals surface area (Å²) in [5.74, 6) is -1.30. The second-order valence-corrected chi connectivity index (χ2v) is 5.76. The summed E-state index contributed by atoms with van der Waals surface area (Å²) in [5.41, 5.74) is 0.908. The molecule has 2 rings (SSSR count). The van der Waals surface area contributed by atoms with Crippen LogP contribution in [0.25, 0.3) is 0 Å². The highest BCUT2D eigenvalue weighted by atomic mass is 32.2. The van der Waals surface area contributed by atoms with E-state index in [0.29, 0.717) is 19.4 Å². The number of thioether (sulfide) groups is 1. The molecule has 0 spiro atoms. The van der Waals surface area contributed by atoms with Gasteiger partial charge in [-0.15, -0.1) is 11.8 Å². The van der Waals surface area contributed by atoms with E-state index in [4.69, 9.17) is 0 Å². The van der Waals surface area contributed by atoms with Crippen molar-refractivity contribution >= 4 is 23.6 Å². The fraction of sp³-hybridized carbons (Fsp3) is 0.467. The molecule has 0 bridgehead atoms. The smallest absolute Gasteiger partial charge is 0.308 e. The second kappa shape index (κ2) is 6.31. The Hall–Kier alpha value is -1.49. The van der Waals surface area contributed by atoms with Crippen LogP contribution in [0.4, 0.5) is 0 Å². The third-order valence-corrected chi connectivity index (χ3v) is 4.57. The molecular weight excluding hydrogens is 274 g/mol. The molecular formula is C15H19NO3S. The van der Waals surface area contributed by atoms with Crippen LogP contribution in [-0.2, 0) is 9.59 Å². The number of carbonyl (C=O) groups is 2. The van der Waals surface area contributed by atoms with Crippen LogP contribution in [0, 0.1) is 5.92 Å². The number of amides is 1. The second-order valence-electron chi connectivity index (χ2n) is 4.88. The molecule has 0 saturated carbocycles. The van der Waals surface area contributed by atoms with E-state index in [9.17, 15) is 14.7 Å². The normalized spacial score (nSPS) is 22.9. The molecule has 4 nitrogen and oxygen atoms in total. The van der Waals surface area contributed by atoms with Gasteiger partial charge in [0.05, 0.1) is 12.0 Å². The summed E-state index contributed by atoms with van der Waals surface area (Å²) >= 11 is 1.64. The minimum absolute atomic E-state index is 0.0453. The van der Waals surface area contributed by atoms with Crippen molar-refractivity contribution in [3.63, 3.8) is 0 Å². The van der Waals surface area contributed by atoms with Crippen LogP contribution in [-0.4, -0.2) is 34.7 Å². The summed E-state index contributed by atoms with van der Waals surface area (Å²) in [6.45, 7) is 2.43. The Balaban J connectivity index is 2.38. The van der Waals surface area contributed by atoms with E-state index in [1.807, 2.05) is 37.4 Å². The van der Waals surface area contributed by atoms with Crippen molar-refractivity contribution in [3.05, 3.63) is 29.8 Å². The van der Waals surface area contributed by atoms with Crippen molar-refractivity contribution in [2.45, 2.75) is 30.7 Å². The van der Waals surface area contributed by atoms with Gasteiger partial charge in [-0.1, -0.05) is 12.1 Å². The number of nitrogens with zero attached hydrogens (tertiary/aromatic N) is 1. The van der Waals surface area contributed by atoms with Gasteiger partial charge in [-0.3, -0.25) is 9.59 Å². The molecule has 1 amide bonds. The lowest BCUT2D eigenvalue weighted by Gasteiger charge is -2.39. The third kappa shape index (κ3) is 2.82. The Morgan fingerprint density at radius 3 is 2.55 bits per heavy atom. The Bertz CT molecular complexity index is 498. The SMILES string of the molecule is CCN1C(=O)CCC(C(=O)O)C1c1ccc(SC)cc1. The van der Waals surface area contributed by atoms with Gasteiger partial charge < -0.3 is 10.0 Å². The van der Waals surface area contributed by atoms with Crippen molar-refractivity contribution in [1.29, 1.82) is 0 Å². The van der Waals surface area contributed by atoms with E-state index in [-0.39, 0.29) is 11.9 Å². The molecule has 1 aliphatic rings. The van der Waals surface area contributed by atoms with E-state index in [1.54, 1.807) is 16.7 Å². The number of piperidine rings is 1. The van der Waals surface area contributed by atoms with Gasteiger partial charge in [0, 0.05) is 17.9 Å². The van der Waals surface area contributed by atoms with E-state index < -0.39 is 11.9 Å². The highest BCUT2D eigenvalue weighted by Crippen LogP contribution is 2.37. The van der Waals surface area contributed by atoms with Crippen LogP contribution < -0.4 is 0 Å². The first-order valence-corrected chi connectivity index (χ1v) is 7.97. The molecule has 1 N–H and O–H groups in total. The number of hydrogen-bond acceptors (Lipinski definition) is 3. The number of benzene rings is 1. The molecule has 108 valence electrons. The number of likely N-dealkylation sites (tertiary alicyclic amines) is 1. The fourth-order valence-corrected chi connectivity index (χ4v) is 3.21. The van der Waals surface area contributed by atoms with Gasteiger partial charge in [-0.25, -0.2) is 0 Å². The number of rotatable bonds is 4. The van der Waals surface area contributed by atoms with E-state index in [0.717, 1.165) is 10.5 Å². The molecule has 0 aliphatic carbocycles. The molecule has 1 saturated heterocycles. The van der Waals surface area contributed by atoms with Crippen LogP contribution in [0.2, 0.25) is 0 Å². The lowest BCUT2D eigenvalue weighted by Crippen LogP contribution is -2.45. The zero-order chi connectivity index (χ0) is 14.7. The number of hydrogen-bond donors (Lipinski definition) is 1. The molecule has 5 heteroatoms. The van der Waals surface area contributed by atoms with Crippen LogP contribution in [0.3, 0.4) is 0 Å². The fourth-order valence-electron chi connectivity index (χ4n) is 2.80. The predicted octanol–water partition coefficient (Wildman–Crippen LogP) is 2.79. The van der Waals surface area contributed by atoms with Gasteiger partial charge in [0.2, 0.25) is 5.91 Å². The quantitative estimate of drug-likeness (QED) is 0.867. The van der Waals surface area contributed by atoms with Crippen molar-refractivity contribution in [1.82, 2.24) is 4.90 Å². The molecule has 2 atom stereocenters. The monoisotopic (exact) mass is 293 g/mol. The van der Waals surface area contributed by atoms with Gasteiger partial charge in [0.1, 0.15) is 0 Å². The third-order valence-electron chi connectivity index (χ3n) is 3.82. The number of carbonyl (C=O) groups excluding carboxylic acids is 1. The highest BCUT2D eigenvalue weighted by Gasteiger charge is 2.39. The van der Waals surface area contributed by atoms with Crippen LogP contribution >= 0.6 is 11.8 Å².